The number of rotatable bonds is 5. The highest BCUT2D eigenvalue weighted by Crippen LogP contribution is 2.27. The number of halogens is 4. The number of hydrogen-bond acceptors (Lipinski definition) is 4. The van der Waals surface area contributed by atoms with Crippen molar-refractivity contribution < 1.29 is 26.3 Å². The Bertz CT molecular complexity index is 1270. The molecule has 5 nitrogen and oxygen atoms in total. The highest BCUT2D eigenvalue weighted by Gasteiger charge is 2.31. The van der Waals surface area contributed by atoms with Crippen LogP contribution in [0.3, 0.4) is 0 Å². The third-order valence-corrected chi connectivity index (χ3v) is 6.39. The molecule has 0 aromatic heterocycles. The molecule has 10 heteroatoms. The van der Waals surface area contributed by atoms with E-state index >= 15 is 0 Å². The average molecular weight is 481 g/mol. The van der Waals surface area contributed by atoms with Crippen molar-refractivity contribution >= 4 is 33.0 Å². The minimum absolute atomic E-state index is 0.000375. The minimum Gasteiger partial charge on any atom is -0.406 e. The molecule has 0 radical (unpaired) electrons. The molecule has 1 aliphatic rings. The Morgan fingerprint density at radius 1 is 0.969 bits per heavy atom. The maximum absolute atomic E-state index is 12.7. The summed E-state index contributed by atoms with van der Waals surface area (Å²) in [6, 6.07) is 16.2. The number of alkyl halides is 3. The van der Waals surface area contributed by atoms with Gasteiger partial charge in [0.1, 0.15) is 5.75 Å². The first-order chi connectivity index (χ1) is 15.1. The van der Waals surface area contributed by atoms with Gasteiger partial charge in [-0.3, -0.25) is 9.71 Å². The number of nitrogens with zero attached hydrogens (tertiary/aromatic N) is 1. The molecule has 0 spiro atoms. The average Bonchev–Trinajstić information content (AvgIpc) is 2.73. The Kier molecular flexibility index (Phi) is 5.87. The van der Waals surface area contributed by atoms with Crippen LogP contribution in [0.25, 0.3) is 0 Å². The van der Waals surface area contributed by atoms with Gasteiger partial charge in [0.05, 0.1) is 10.6 Å². The number of fused-ring (bicyclic) bond motifs is 1. The fourth-order valence-electron chi connectivity index (χ4n) is 3.34. The molecule has 0 saturated heterocycles. The molecule has 0 aliphatic carbocycles. The second-order valence-electron chi connectivity index (χ2n) is 6.98. The molecule has 0 atom stereocenters. The van der Waals surface area contributed by atoms with Gasteiger partial charge in [-0.05, 0) is 60.5 Å². The predicted molar refractivity (Wildman–Crippen MR) is 116 cm³/mol. The molecule has 0 fully saturated rings. The maximum atomic E-state index is 12.7. The van der Waals surface area contributed by atoms with Crippen molar-refractivity contribution in [3.63, 3.8) is 0 Å². The van der Waals surface area contributed by atoms with E-state index in [1.54, 1.807) is 12.1 Å². The van der Waals surface area contributed by atoms with Gasteiger partial charge in [0.15, 0.2) is 0 Å². The standard InChI is InChI=1S/C22H16ClF3N2O3S/c23-16-4-1-14-11-12-27-21(20(14)13-16)15-2-9-19(10-3-15)32(29,30)28-17-5-7-18(8-6-17)31-22(24,25)26/h1-10,13,28H,11-12H2. The number of anilines is 1. The lowest BCUT2D eigenvalue weighted by Gasteiger charge is -2.18. The zero-order chi connectivity index (χ0) is 22.9. The molecule has 3 aromatic rings. The summed E-state index contributed by atoms with van der Waals surface area (Å²) in [5, 5.41) is 0.591. The van der Waals surface area contributed by atoms with Crippen molar-refractivity contribution in [2.75, 3.05) is 11.3 Å². The molecular weight excluding hydrogens is 465 g/mol. The van der Waals surface area contributed by atoms with E-state index in [0.717, 1.165) is 41.0 Å². The van der Waals surface area contributed by atoms with Gasteiger partial charge in [0.25, 0.3) is 10.0 Å². The molecule has 0 saturated carbocycles. The van der Waals surface area contributed by atoms with Gasteiger partial charge >= 0.3 is 6.36 Å². The number of hydrogen-bond donors (Lipinski definition) is 1. The van der Waals surface area contributed by atoms with Gasteiger partial charge in [0.2, 0.25) is 0 Å². The Morgan fingerprint density at radius 3 is 2.31 bits per heavy atom. The summed E-state index contributed by atoms with van der Waals surface area (Å²) in [6.45, 7) is 0.625. The zero-order valence-electron chi connectivity index (χ0n) is 16.4. The molecule has 32 heavy (non-hydrogen) atoms. The lowest BCUT2D eigenvalue weighted by molar-refractivity contribution is -0.274. The topological polar surface area (TPSA) is 67.8 Å². The van der Waals surface area contributed by atoms with Crippen molar-refractivity contribution in [1.82, 2.24) is 0 Å². The van der Waals surface area contributed by atoms with Crippen molar-refractivity contribution in [1.29, 1.82) is 0 Å². The van der Waals surface area contributed by atoms with Crippen LogP contribution in [-0.2, 0) is 16.4 Å². The summed E-state index contributed by atoms with van der Waals surface area (Å²) < 4.78 is 68.2. The Morgan fingerprint density at radius 2 is 1.66 bits per heavy atom. The summed E-state index contributed by atoms with van der Waals surface area (Å²) in [4.78, 5) is 4.58. The van der Waals surface area contributed by atoms with Crippen LogP contribution >= 0.6 is 11.6 Å². The molecular formula is C22H16ClF3N2O3S. The second-order valence-corrected chi connectivity index (χ2v) is 9.10. The van der Waals surface area contributed by atoms with E-state index in [1.165, 1.54) is 24.3 Å². The van der Waals surface area contributed by atoms with Crippen LogP contribution in [0.15, 0.2) is 76.6 Å². The highest BCUT2D eigenvalue weighted by atomic mass is 35.5. The summed E-state index contributed by atoms with van der Waals surface area (Å²) in [5.41, 5.74) is 3.63. The number of aliphatic imine (C=N–C) groups is 1. The van der Waals surface area contributed by atoms with Crippen molar-refractivity contribution in [3.8, 4) is 5.75 Å². The molecule has 166 valence electrons. The SMILES string of the molecule is O=S(=O)(Nc1ccc(OC(F)(F)F)cc1)c1ccc(C2=NCCc3ccc(Cl)cc32)cc1. The van der Waals surface area contributed by atoms with E-state index in [1.807, 2.05) is 18.2 Å². The molecule has 0 unspecified atom stereocenters. The van der Waals surface area contributed by atoms with Crippen molar-refractivity contribution in [2.45, 2.75) is 17.7 Å². The Hall–Kier alpha value is -3.04. The first-order valence-electron chi connectivity index (χ1n) is 9.43. The van der Waals surface area contributed by atoms with Crippen LogP contribution in [0.2, 0.25) is 5.02 Å². The van der Waals surface area contributed by atoms with E-state index < -0.39 is 22.1 Å². The van der Waals surface area contributed by atoms with Gasteiger partial charge in [-0.2, -0.15) is 0 Å². The zero-order valence-corrected chi connectivity index (χ0v) is 17.9. The summed E-state index contributed by atoms with van der Waals surface area (Å²) in [6.07, 6.45) is -4.02. The summed E-state index contributed by atoms with van der Waals surface area (Å²) in [7, 11) is -3.95. The van der Waals surface area contributed by atoms with E-state index in [-0.39, 0.29) is 10.6 Å². The van der Waals surface area contributed by atoms with E-state index in [9.17, 15) is 21.6 Å². The third-order valence-electron chi connectivity index (χ3n) is 4.76. The fourth-order valence-corrected chi connectivity index (χ4v) is 4.57. The van der Waals surface area contributed by atoms with Crippen LogP contribution in [0.4, 0.5) is 18.9 Å². The maximum Gasteiger partial charge on any atom is 0.573 e. The number of benzene rings is 3. The predicted octanol–water partition coefficient (Wildman–Crippen LogP) is 5.43. The molecule has 1 heterocycles. The molecule has 1 aliphatic heterocycles. The molecule has 4 rings (SSSR count). The van der Waals surface area contributed by atoms with E-state index in [4.69, 9.17) is 11.6 Å². The first kappa shape index (κ1) is 22.2. The Labute approximate surface area is 187 Å². The molecule has 3 aromatic carbocycles. The molecule has 1 N–H and O–H groups in total. The van der Waals surface area contributed by atoms with Crippen molar-refractivity contribution in [2.24, 2.45) is 4.99 Å². The van der Waals surface area contributed by atoms with Gasteiger partial charge in [-0.25, -0.2) is 8.42 Å². The van der Waals surface area contributed by atoms with Crippen LogP contribution in [-0.4, -0.2) is 27.0 Å². The lowest BCUT2D eigenvalue weighted by atomic mass is 9.93. The first-order valence-corrected chi connectivity index (χ1v) is 11.3. The second kappa shape index (κ2) is 8.48. The van der Waals surface area contributed by atoms with Crippen LogP contribution in [0.5, 0.6) is 5.75 Å². The monoisotopic (exact) mass is 480 g/mol. The molecule has 0 bridgehead atoms. The van der Waals surface area contributed by atoms with Gasteiger partial charge in [-0.1, -0.05) is 29.8 Å². The van der Waals surface area contributed by atoms with Gasteiger partial charge < -0.3 is 4.74 Å². The van der Waals surface area contributed by atoms with Crippen LogP contribution in [0.1, 0.15) is 16.7 Å². The largest absolute Gasteiger partial charge is 0.573 e. The smallest absolute Gasteiger partial charge is 0.406 e. The summed E-state index contributed by atoms with van der Waals surface area (Å²) >= 11 is 6.13. The Balaban J connectivity index is 1.53. The van der Waals surface area contributed by atoms with Gasteiger partial charge in [0, 0.05) is 28.4 Å². The highest BCUT2D eigenvalue weighted by molar-refractivity contribution is 7.92. The number of nitrogens with one attached hydrogen (secondary N) is 1. The number of ether oxygens (including phenoxy) is 1. The third kappa shape index (κ3) is 5.05. The molecule has 0 amide bonds. The van der Waals surface area contributed by atoms with Crippen molar-refractivity contribution in [3.05, 3.63) is 88.4 Å². The number of sulfonamides is 1. The lowest BCUT2D eigenvalue weighted by Crippen LogP contribution is -2.17. The fraction of sp³-hybridized carbons (Fsp3) is 0.136. The van der Waals surface area contributed by atoms with Gasteiger partial charge in [-0.15, -0.1) is 13.2 Å². The van der Waals surface area contributed by atoms with E-state index in [2.05, 4.69) is 14.5 Å². The van der Waals surface area contributed by atoms with Crippen LogP contribution in [0, 0.1) is 0 Å². The van der Waals surface area contributed by atoms with Crippen LogP contribution < -0.4 is 9.46 Å². The normalized spacial score (nSPS) is 13.8. The minimum atomic E-state index is -4.82. The quantitative estimate of drug-likeness (QED) is 0.529. The van der Waals surface area contributed by atoms with E-state index in [0.29, 0.717) is 11.6 Å². The summed E-state index contributed by atoms with van der Waals surface area (Å²) in [5.74, 6) is -0.446.